The van der Waals surface area contributed by atoms with Gasteiger partial charge in [0, 0.05) is 25.2 Å². The van der Waals surface area contributed by atoms with Crippen molar-refractivity contribution >= 4 is 0 Å². The fraction of sp³-hybridized carbons (Fsp3) is 0.625. The van der Waals surface area contributed by atoms with Crippen LogP contribution >= 0.6 is 0 Å². The molecule has 1 fully saturated rings. The van der Waals surface area contributed by atoms with E-state index in [0.717, 1.165) is 19.6 Å². The first-order valence-electron chi connectivity index (χ1n) is 7.33. The van der Waals surface area contributed by atoms with E-state index in [4.69, 9.17) is 0 Å². The average molecular weight is 262 g/mol. The molecule has 1 aromatic carbocycles. The summed E-state index contributed by atoms with van der Waals surface area (Å²) < 4.78 is 0. The van der Waals surface area contributed by atoms with Gasteiger partial charge in [0.25, 0.3) is 0 Å². The van der Waals surface area contributed by atoms with E-state index in [-0.39, 0.29) is 12.6 Å². The molecule has 3 nitrogen and oxygen atoms in total. The van der Waals surface area contributed by atoms with Crippen LogP contribution in [-0.2, 0) is 0 Å². The molecule has 19 heavy (non-hydrogen) atoms. The van der Waals surface area contributed by atoms with Crippen LogP contribution in [0.15, 0.2) is 30.3 Å². The highest BCUT2D eigenvalue weighted by Crippen LogP contribution is 2.26. The second kappa shape index (κ2) is 7.04. The quantitative estimate of drug-likeness (QED) is 0.821. The van der Waals surface area contributed by atoms with Crippen molar-refractivity contribution in [1.82, 2.24) is 10.2 Å². The number of likely N-dealkylation sites (tertiary alicyclic amines) is 1. The van der Waals surface area contributed by atoms with Gasteiger partial charge in [0.05, 0.1) is 6.61 Å². The van der Waals surface area contributed by atoms with Gasteiger partial charge in [-0.2, -0.15) is 0 Å². The number of benzene rings is 1. The predicted octanol–water partition coefficient (Wildman–Crippen LogP) is 1.83. The summed E-state index contributed by atoms with van der Waals surface area (Å²) in [6, 6.07) is 11.4. The lowest BCUT2D eigenvalue weighted by Gasteiger charge is -2.25. The summed E-state index contributed by atoms with van der Waals surface area (Å²) in [5, 5.41) is 12.8. The van der Waals surface area contributed by atoms with Crippen molar-refractivity contribution in [1.29, 1.82) is 0 Å². The Morgan fingerprint density at radius 1 is 1.32 bits per heavy atom. The van der Waals surface area contributed by atoms with Crippen molar-refractivity contribution < 1.29 is 5.11 Å². The second-order valence-corrected chi connectivity index (χ2v) is 5.86. The molecule has 106 valence electrons. The van der Waals surface area contributed by atoms with E-state index < -0.39 is 0 Å². The molecular weight excluding hydrogens is 236 g/mol. The summed E-state index contributed by atoms with van der Waals surface area (Å²) in [6.45, 7) is 7.65. The minimum Gasteiger partial charge on any atom is -0.395 e. The molecule has 1 aliphatic heterocycles. The summed E-state index contributed by atoms with van der Waals surface area (Å²) in [7, 11) is 0. The molecule has 0 radical (unpaired) electrons. The predicted molar refractivity (Wildman–Crippen MR) is 79.4 cm³/mol. The van der Waals surface area contributed by atoms with Gasteiger partial charge >= 0.3 is 0 Å². The van der Waals surface area contributed by atoms with Crippen LogP contribution in [0.2, 0.25) is 0 Å². The summed E-state index contributed by atoms with van der Waals surface area (Å²) in [5.41, 5.74) is 1.45. The minimum atomic E-state index is 0.189. The molecular formula is C16H26N2O. The Balaban J connectivity index is 1.84. The second-order valence-electron chi connectivity index (χ2n) is 5.86. The van der Waals surface area contributed by atoms with Crippen molar-refractivity contribution in [3.05, 3.63) is 35.9 Å². The Morgan fingerprint density at radius 3 is 2.68 bits per heavy atom. The molecule has 0 amide bonds. The molecule has 2 N–H and O–H groups in total. The van der Waals surface area contributed by atoms with Gasteiger partial charge in [-0.3, -0.25) is 0 Å². The van der Waals surface area contributed by atoms with E-state index in [2.05, 4.69) is 54.4 Å². The normalized spacial score (nSPS) is 22.0. The van der Waals surface area contributed by atoms with Crippen LogP contribution in [0.25, 0.3) is 0 Å². The Morgan fingerprint density at radius 2 is 2.05 bits per heavy atom. The number of nitrogens with zero attached hydrogens (tertiary/aromatic N) is 1. The zero-order chi connectivity index (χ0) is 13.7. The highest BCUT2D eigenvalue weighted by atomic mass is 16.3. The van der Waals surface area contributed by atoms with Crippen LogP contribution in [0.4, 0.5) is 0 Å². The summed E-state index contributed by atoms with van der Waals surface area (Å²) in [5.74, 6) is 0.652. The maximum atomic E-state index is 9.43. The van der Waals surface area contributed by atoms with Crippen LogP contribution in [0.3, 0.4) is 0 Å². The van der Waals surface area contributed by atoms with Gasteiger partial charge in [0.15, 0.2) is 0 Å². The van der Waals surface area contributed by atoms with E-state index in [1.54, 1.807) is 0 Å². The fourth-order valence-electron chi connectivity index (χ4n) is 2.94. The first-order chi connectivity index (χ1) is 9.19. The fourth-order valence-corrected chi connectivity index (χ4v) is 2.94. The van der Waals surface area contributed by atoms with E-state index in [1.165, 1.54) is 12.0 Å². The first kappa shape index (κ1) is 14.5. The van der Waals surface area contributed by atoms with Crippen molar-refractivity contribution in [2.45, 2.75) is 38.3 Å². The van der Waals surface area contributed by atoms with Crippen molar-refractivity contribution in [3.63, 3.8) is 0 Å². The number of hydrogen-bond acceptors (Lipinski definition) is 3. The average Bonchev–Trinajstić information content (AvgIpc) is 2.87. The first-order valence-corrected chi connectivity index (χ1v) is 7.33. The van der Waals surface area contributed by atoms with Gasteiger partial charge in [-0.15, -0.1) is 0 Å². The molecule has 0 aromatic heterocycles. The molecule has 0 bridgehead atoms. The van der Waals surface area contributed by atoms with Crippen LogP contribution in [0, 0.1) is 0 Å². The summed E-state index contributed by atoms with van der Waals surface area (Å²) in [4.78, 5) is 2.47. The maximum absolute atomic E-state index is 9.43. The van der Waals surface area contributed by atoms with E-state index in [1.807, 2.05) is 0 Å². The highest BCUT2D eigenvalue weighted by Gasteiger charge is 2.25. The standard InChI is InChI=1S/C16H26N2O/c1-13(2)17-16(12-19)11-18-9-8-15(10-18)14-6-4-3-5-7-14/h3-7,13,15-17,19H,8-12H2,1-2H3. The van der Waals surface area contributed by atoms with Crippen LogP contribution in [0.1, 0.15) is 31.7 Å². The molecule has 1 saturated heterocycles. The topological polar surface area (TPSA) is 35.5 Å². The molecule has 3 heteroatoms. The lowest BCUT2D eigenvalue weighted by Crippen LogP contribution is -2.45. The number of aliphatic hydroxyl groups excluding tert-OH is 1. The van der Waals surface area contributed by atoms with Crippen molar-refractivity contribution in [2.24, 2.45) is 0 Å². The molecule has 0 saturated carbocycles. The number of hydrogen-bond donors (Lipinski definition) is 2. The molecule has 1 aliphatic rings. The highest BCUT2D eigenvalue weighted by molar-refractivity contribution is 5.21. The van der Waals surface area contributed by atoms with Crippen LogP contribution in [-0.4, -0.2) is 48.3 Å². The van der Waals surface area contributed by atoms with Crippen LogP contribution in [0.5, 0.6) is 0 Å². The third-order valence-corrected chi connectivity index (χ3v) is 3.81. The Bertz CT molecular complexity index is 366. The van der Waals surface area contributed by atoms with Gasteiger partial charge < -0.3 is 15.3 Å². The van der Waals surface area contributed by atoms with Gasteiger partial charge in [0.1, 0.15) is 0 Å². The Labute approximate surface area is 116 Å². The monoisotopic (exact) mass is 262 g/mol. The molecule has 2 rings (SSSR count). The molecule has 0 aliphatic carbocycles. The summed E-state index contributed by atoms with van der Waals surface area (Å²) >= 11 is 0. The largest absolute Gasteiger partial charge is 0.395 e. The third kappa shape index (κ3) is 4.30. The minimum absolute atomic E-state index is 0.189. The van der Waals surface area contributed by atoms with Crippen molar-refractivity contribution in [2.75, 3.05) is 26.2 Å². The Hall–Kier alpha value is -0.900. The molecule has 1 aromatic rings. The SMILES string of the molecule is CC(C)NC(CO)CN1CCC(c2ccccc2)C1. The smallest absolute Gasteiger partial charge is 0.0597 e. The van der Waals surface area contributed by atoms with Gasteiger partial charge in [-0.05, 0) is 24.4 Å². The zero-order valence-electron chi connectivity index (χ0n) is 12.0. The van der Waals surface area contributed by atoms with Crippen molar-refractivity contribution in [3.8, 4) is 0 Å². The Kier molecular flexibility index (Phi) is 5.37. The summed E-state index contributed by atoms with van der Waals surface area (Å²) in [6.07, 6.45) is 1.23. The maximum Gasteiger partial charge on any atom is 0.0597 e. The molecule has 1 heterocycles. The number of rotatable bonds is 6. The lowest BCUT2D eigenvalue weighted by atomic mass is 9.99. The third-order valence-electron chi connectivity index (χ3n) is 3.81. The number of aliphatic hydroxyl groups is 1. The molecule has 0 spiro atoms. The molecule has 2 unspecified atom stereocenters. The molecule has 2 atom stereocenters. The van der Waals surface area contributed by atoms with E-state index in [0.29, 0.717) is 12.0 Å². The lowest BCUT2D eigenvalue weighted by molar-refractivity contribution is 0.191. The van der Waals surface area contributed by atoms with Gasteiger partial charge in [-0.1, -0.05) is 44.2 Å². The van der Waals surface area contributed by atoms with E-state index >= 15 is 0 Å². The van der Waals surface area contributed by atoms with Gasteiger partial charge in [-0.25, -0.2) is 0 Å². The zero-order valence-corrected chi connectivity index (χ0v) is 12.0. The van der Waals surface area contributed by atoms with E-state index in [9.17, 15) is 5.11 Å². The number of nitrogens with one attached hydrogen (secondary N) is 1. The van der Waals surface area contributed by atoms with Gasteiger partial charge in [0.2, 0.25) is 0 Å². The van der Waals surface area contributed by atoms with Crippen LogP contribution < -0.4 is 5.32 Å².